The lowest BCUT2D eigenvalue weighted by molar-refractivity contribution is 0.362. The Hall–Kier alpha value is -1.73. The van der Waals surface area contributed by atoms with Crippen molar-refractivity contribution in [1.82, 2.24) is 5.32 Å². The summed E-state index contributed by atoms with van der Waals surface area (Å²) in [7, 11) is 1.50. The molecule has 4 heteroatoms. The van der Waals surface area contributed by atoms with Crippen LogP contribution in [0.25, 0.3) is 0 Å². The molecule has 1 aliphatic heterocycles. The lowest BCUT2D eigenvalue weighted by Crippen LogP contribution is -2.35. The molecule has 0 aliphatic carbocycles. The predicted molar refractivity (Wildman–Crippen MR) is 68.7 cm³/mol. The summed E-state index contributed by atoms with van der Waals surface area (Å²) in [4.78, 5) is 0. The molecule has 4 nitrogen and oxygen atoms in total. The molecule has 0 spiro atoms. The number of benzene rings is 1. The highest BCUT2D eigenvalue weighted by atomic mass is 16.5. The van der Waals surface area contributed by atoms with E-state index in [4.69, 9.17) is 10.00 Å². The van der Waals surface area contributed by atoms with Crippen molar-refractivity contribution >= 4 is 0 Å². The molecule has 1 unspecified atom stereocenters. The second-order valence-corrected chi connectivity index (χ2v) is 4.65. The molecule has 0 amide bonds. The maximum Gasteiger partial charge on any atom is 0.162 e. The third kappa shape index (κ3) is 2.74. The van der Waals surface area contributed by atoms with Gasteiger partial charge in [0.15, 0.2) is 11.5 Å². The van der Waals surface area contributed by atoms with E-state index in [1.165, 1.54) is 20.0 Å². The minimum Gasteiger partial charge on any atom is -0.504 e. The van der Waals surface area contributed by atoms with E-state index >= 15 is 0 Å². The average molecular weight is 246 g/mol. The smallest absolute Gasteiger partial charge is 0.162 e. The molecule has 1 fully saturated rings. The Morgan fingerprint density at radius 2 is 2.33 bits per heavy atom. The molecule has 1 heterocycles. The zero-order chi connectivity index (χ0) is 13.0. The van der Waals surface area contributed by atoms with Crippen LogP contribution in [0.15, 0.2) is 12.1 Å². The first-order valence-electron chi connectivity index (χ1n) is 6.28. The Bertz CT molecular complexity index is 460. The number of aromatic hydroxyl groups is 1. The second kappa shape index (κ2) is 5.74. The van der Waals surface area contributed by atoms with Crippen LogP contribution in [0.5, 0.6) is 11.5 Å². The van der Waals surface area contributed by atoms with Gasteiger partial charge >= 0.3 is 0 Å². The van der Waals surface area contributed by atoms with Crippen LogP contribution in [-0.2, 0) is 6.42 Å². The number of rotatable bonds is 3. The monoisotopic (exact) mass is 246 g/mol. The molecule has 0 radical (unpaired) electrons. The van der Waals surface area contributed by atoms with Crippen molar-refractivity contribution in [2.45, 2.75) is 31.7 Å². The van der Waals surface area contributed by atoms with Gasteiger partial charge in [-0.2, -0.15) is 5.26 Å². The summed E-state index contributed by atoms with van der Waals surface area (Å²) in [6.45, 7) is 1.03. The van der Waals surface area contributed by atoms with Gasteiger partial charge < -0.3 is 15.2 Å². The number of nitrogens with one attached hydrogen (secondary N) is 1. The van der Waals surface area contributed by atoms with Crippen LogP contribution >= 0.6 is 0 Å². The predicted octanol–water partition coefficient (Wildman–Crippen LogP) is 1.96. The van der Waals surface area contributed by atoms with Gasteiger partial charge in [-0.05, 0) is 31.9 Å². The summed E-state index contributed by atoms with van der Waals surface area (Å²) in [5, 5.41) is 22.5. The topological polar surface area (TPSA) is 65.3 Å². The van der Waals surface area contributed by atoms with Crippen LogP contribution in [0.4, 0.5) is 0 Å². The van der Waals surface area contributed by atoms with Crippen LogP contribution in [0.3, 0.4) is 0 Å². The summed E-state index contributed by atoms with van der Waals surface area (Å²) >= 11 is 0. The van der Waals surface area contributed by atoms with Crippen LogP contribution < -0.4 is 10.1 Å². The highest BCUT2D eigenvalue weighted by Gasteiger charge is 2.17. The van der Waals surface area contributed by atoms with Crippen molar-refractivity contribution in [1.29, 1.82) is 5.26 Å². The number of phenolic OH excluding ortho intramolecular Hbond substituents is 1. The zero-order valence-electron chi connectivity index (χ0n) is 10.6. The van der Waals surface area contributed by atoms with Crippen molar-refractivity contribution < 1.29 is 9.84 Å². The Balaban J connectivity index is 2.22. The fourth-order valence-electron chi connectivity index (χ4n) is 2.40. The fourth-order valence-corrected chi connectivity index (χ4v) is 2.40. The number of hydrogen-bond donors (Lipinski definition) is 2. The molecule has 18 heavy (non-hydrogen) atoms. The summed E-state index contributed by atoms with van der Waals surface area (Å²) in [5.74, 6) is 0.531. The Kier molecular flexibility index (Phi) is 4.06. The van der Waals surface area contributed by atoms with E-state index in [9.17, 15) is 5.11 Å². The van der Waals surface area contributed by atoms with Crippen molar-refractivity contribution in [3.63, 3.8) is 0 Å². The quantitative estimate of drug-likeness (QED) is 0.855. The van der Waals surface area contributed by atoms with Gasteiger partial charge in [-0.1, -0.05) is 6.42 Å². The SMILES string of the molecule is COc1cc(C#N)cc(CC2CCCCN2)c1O. The molecule has 0 bridgehead atoms. The van der Waals surface area contributed by atoms with Crippen molar-refractivity contribution in [2.75, 3.05) is 13.7 Å². The molecular weight excluding hydrogens is 228 g/mol. The molecule has 1 aromatic rings. The summed E-state index contributed by atoms with van der Waals surface area (Å²) < 4.78 is 5.10. The van der Waals surface area contributed by atoms with Crippen LogP contribution in [0, 0.1) is 11.3 Å². The summed E-state index contributed by atoms with van der Waals surface area (Å²) in [6, 6.07) is 5.78. The van der Waals surface area contributed by atoms with Gasteiger partial charge in [0.2, 0.25) is 0 Å². The van der Waals surface area contributed by atoms with Gasteiger partial charge in [-0.3, -0.25) is 0 Å². The number of ether oxygens (including phenoxy) is 1. The molecule has 1 aromatic carbocycles. The highest BCUT2D eigenvalue weighted by Crippen LogP contribution is 2.32. The second-order valence-electron chi connectivity index (χ2n) is 4.65. The zero-order valence-corrected chi connectivity index (χ0v) is 10.6. The first-order valence-corrected chi connectivity index (χ1v) is 6.28. The molecule has 1 atom stereocenters. The van der Waals surface area contributed by atoms with E-state index in [-0.39, 0.29) is 5.75 Å². The third-order valence-corrected chi connectivity index (χ3v) is 3.38. The Morgan fingerprint density at radius 1 is 1.50 bits per heavy atom. The molecule has 96 valence electrons. The largest absolute Gasteiger partial charge is 0.504 e. The lowest BCUT2D eigenvalue weighted by Gasteiger charge is -2.24. The minimum atomic E-state index is 0.156. The van der Waals surface area contributed by atoms with E-state index < -0.39 is 0 Å². The normalized spacial score (nSPS) is 19.2. The molecule has 1 aliphatic rings. The number of nitrogens with zero attached hydrogens (tertiary/aromatic N) is 1. The van der Waals surface area contributed by atoms with Gasteiger partial charge in [0, 0.05) is 17.7 Å². The maximum atomic E-state index is 10.1. The summed E-state index contributed by atoms with van der Waals surface area (Å²) in [5.41, 5.74) is 1.31. The van der Waals surface area contributed by atoms with Gasteiger partial charge in [0.1, 0.15) is 0 Å². The first-order chi connectivity index (χ1) is 8.74. The van der Waals surface area contributed by atoms with Gasteiger partial charge in [-0.25, -0.2) is 0 Å². The number of hydrogen-bond acceptors (Lipinski definition) is 4. The molecular formula is C14H18N2O2. The van der Waals surface area contributed by atoms with Crippen LogP contribution in [0.1, 0.15) is 30.4 Å². The van der Waals surface area contributed by atoms with E-state index in [0.717, 1.165) is 24.9 Å². The highest BCUT2D eigenvalue weighted by molar-refractivity contribution is 5.51. The lowest BCUT2D eigenvalue weighted by atomic mass is 9.96. The molecule has 2 rings (SSSR count). The minimum absolute atomic E-state index is 0.156. The van der Waals surface area contributed by atoms with Gasteiger partial charge in [0.25, 0.3) is 0 Å². The van der Waals surface area contributed by atoms with Crippen LogP contribution in [0.2, 0.25) is 0 Å². The standard InChI is InChI=1S/C14H18N2O2/c1-18-13-7-10(9-15)6-11(14(13)17)8-12-4-2-3-5-16-12/h6-7,12,16-17H,2-5,8H2,1H3. The molecule has 1 saturated heterocycles. The Labute approximate surface area is 107 Å². The van der Waals surface area contributed by atoms with Gasteiger partial charge in [-0.15, -0.1) is 0 Å². The number of piperidine rings is 1. The first kappa shape index (κ1) is 12.7. The summed E-state index contributed by atoms with van der Waals surface area (Å²) in [6.07, 6.45) is 4.27. The van der Waals surface area contributed by atoms with Gasteiger partial charge in [0.05, 0.1) is 18.7 Å². The van der Waals surface area contributed by atoms with Crippen LogP contribution in [-0.4, -0.2) is 24.8 Å². The van der Waals surface area contributed by atoms with E-state index in [0.29, 0.717) is 17.4 Å². The Morgan fingerprint density at radius 3 is 2.94 bits per heavy atom. The van der Waals surface area contributed by atoms with Crippen molar-refractivity contribution in [3.8, 4) is 17.6 Å². The van der Waals surface area contributed by atoms with Crippen molar-refractivity contribution in [2.24, 2.45) is 0 Å². The number of methoxy groups -OCH3 is 1. The average Bonchev–Trinajstić information content (AvgIpc) is 2.42. The number of nitriles is 1. The fraction of sp³-hybridized carbons (Fsp3) is 0.500. The van der Waals surface area contributed by atoms with E-state index in [2.05, 4.69) is 11.4 Å². The molecule has 0 aromatic heterocycles. The van der Waals surface area contributed by atoms with E-state index in [1.54, 1.807) is 12.1 Å². The van der Waals surface area contributed by atoms with Crippen molar-refractivity contribution in [3.05, 3.63) is 23.3 Å². The maximum absolute atomic E-state index is 10.1. The molecule has 2 N–H and O–H groups in total. The number of phenols is 1. The van der Waals surface area contributed by atoms with E-state index in [1.807, 2.05) is 0 Å². The molecule has 0 saturated carbocycles. The third-order valence-electron chi connectivity index (χ3n) is 3.38.